The fourth-order valence-electron chi connectivity index (χ4n) is 2.44. The molecule has 104 valence electrons. The van der Waals surface area contributed by atoms with Gasteiger partial charge in [0.25, 0.3) is 5.91 Å². The minimum atomic E-state index is -1.08. The number of rotatable bonds is 3. The van der Waals surface area contributed by atoms with Crippen LogP contribution in [-0.2, 0) is 4.79 Å². The van der Waals surface area contributed by atoms with Crippen LogP contribution in [0.2, 0.25) is 0 Å². The van der Waals surface area contributed by atoms with E-state index in [1.165, 1.54) is 4.90 Å². The van der Waals surface area contributed by atoms with E-state index >= 15 is 0 Å². The van der Waals surface area contributed by atoms with Crippen LogP contribution >= 0.6 is 0 Å². The lowest BCUT2D eigenvalue weighted by molar-refractivity contribution is -0.141. The Kier molecular flexibility index (Phi) is 3.61. The molecule has 1 aliphatic heterocycles. The van der Waals surface area contributed by atoms with Crippen molar-refractivity contribution in [3.05, 3.63) is 24.0 Å². The zero-order valence-electron chi connectivity index (χ0n) is 11.0. The smallest absolute Gasteiger partial charge is 0.326 e. The lowest BCUT2D eigenvalue weighted by Crippen LogP contribution is -2.41. The normalized spacial score (nSPS) is 23.1. The largest absolute Gasteiger partial charge is 0.480 e. The number of carbonyl (C=O) groups excluding carboxylic acids is 1. The third-order valence-electron chi connectivity index (χ3n) is 3.38. The van der Waals surface area contributed by atoms with Gasteiger partial charge in [-0.15, -0.1) is 0 Å². The first kappa shape index (κ1) is 13.6. The molecule has 6 nitrogen and oxygen atoms in total. The van der Waals surface area contributed by atoms with Gasteiger partial charge in [0.1, 0.15) is 11.7 Å². The summed E-state index contributed by atoms with van der Waals surface area (Å²) in [5, 5.41) is 18.7. The molecule has 1 aliphatic rings. The van der Waals surface area contributed by atoms with Gasteiger partial charge in [0.15, 0.2) is 0 Å². The fourth-order valence-corrected chi connectivity index (χ4v) is 2.44. The van der Waals surface area contributed by atoms with Gasteiger partial charge in [0.05, 0.1) is 6.10 Å². The highest BCUT2D eigenvalue weighted by Crippen LogP contribution is 2.22. The third-order valence-corrected chi connectivity index (χ3v) is 3.38. The second-order valence-corrected chi connectivity index (χ2v) is 5.10. The lowest BCUT2D eigenvalue weighted by Gasteiger charge is -2.22. The Morgan fingerprint density at radius 3 is 2.68 bits per heavy atom. The number of amides is 1. The Morgan fingerprint density at radius 1 is 1.42 bits per heavy atom. The molecule has 0 bridgehead atoms. The topological polar surface area (TPSA) is 82.8 Å². The Morgan fingerprint density at radius 2 is 2.11 bits per heavy atom. The van der Waals surface area contributed by atoms with Gasteiger partial charge >= 0.3 is 5.97 Å². The van der Waals surface area contributed by atoms with Crippen molar-refractivity contribution in [1.29, 1.82) is 0 Å². The minimum Gasteiger partial charge on any atom is -0.480 e. The maximum Gasteiger partial charge on any atom is 0.326 e. The standard InChI is InChI=1S/C13H18N2O4/c1-8(2)14-5-3-4-10(14)12(17)15-7-9(16)6-11(15)13(18)19/h3-5,8-9,11,16H,6-7H2,1-2H3,(H,18,19). The van der Waals surface area contributed by atoms with Crippen LogP contribution in [0.4, 0.5) is 0 Å². The average Bonchev–Trinajstić information content (AvgIpc) is 2.93. The third kappa shape index (κ3) is 2.49. The van der Waals surface area contributed by atoms with Crippen molar-refractivity contribution in [2.45, 2.75) is 38.5 Å². The van der Waals surface area contributed by atoms with Crippen molar-refractivity contribution < 1.29 is 19.8 Å². The van der Waals surface area contributed by atoms with E-state index in [2.05, 4.69) is 0 Å². The van der Waals surface area contributed by atoms with Crippen LogP contribution in [0.15, 0.2) is 18.3 Å². The molecule has 0 aliphatic carbocycles. The van der Waals surface area contributed by atoms with Crippen LogP contribution in [-0.4, -0.2) is 50.2 Å². The number of aliphatic hydroxyl groups is 1. The number of carbonyl (C=O) groups is 2. The maximum atomic E-state index is 12.4. The number of nitrogens with zero attached hydrogens (tertiary/aromatic N) is 2. The summed E-state index contributed by atoms with van der Waals surface area (Å²) in [4.78, 5) is 24.8. The number of β-amino-alcohol motifs (C(OH)–C–C–N with tert-alkyl or cyclic N) is 1. The van der Waals surface area contributed by atoms with Crippen molar-refractivity contribution in [2.75, 3.05) is 6.54 Å². The molecule has 2 atom stereocenters. The number of hydrogen-bond acceptors (Lipinski definition) is 3. The summed E-state index contributed by atoms with van der Waals surface area (Å²) in [7, 11) is 0. The summed E-state index contributed by atoms with van der Waals surface area (Å²) >= 11 is 0. The summed E-state index contributed by atoms with van der Waals surface area (Å²) < 4.78 is 1.80. The molecule has 2 unspecified atom stereocenters. The van der Waals surface area contributed by atoms with E-state index in [0.29, 0.717) is 5.69 Å². The molecule has 1 saturated heterocycles. The van der Waals surface area contributed by atoms with Gasteiger partial charge in [-0.05, 0) is 26.0 Å². The number of aromatic nitrogens is 1. The predicted octanol–water partition coefficient (Wildman–Crippen LogP) is 0.729. The molecule has 0 radical (unpaired) electrons. The van der Waals surface area contributed by atoms with Gasteiger partial charge in [-0.25, -0.2) is 4.79 Å². The highest BCUT2D eigenvalue weighted by molar-refractivity contribution is 5.95. The summed E-state index contributed by atoms with van der Waals surface area (Å²) in [5.41, 5.74) is 0.454. The molecule has 2 rings (SSSR count). The van der Waals surface area contributed by atoms with Crippen LogP contribution in [0.25, 0.3) is 0 Å². The van der Waals surface area contributed by atoms with E-state index in [9.17, 15) is 14.7 Å². The Labute approximate surface area is 111 Å². The SMILES string of the molecule is CC(C)n1cccc1C(=O)N1CC(O)CC1C(=O)O. The molecule has 0 saturated carbocycles. The van der Waals surface area contributed by atoms with Crippen LogP contribution in [0.5, 0.6) is 0 Å². The molecular formula is C13H18N2O4. The Balaban J connectivity index is 2.28. The highest BCUT2D eigenvalue weighted by atomic mass is 16.4. The number of carboxylic acids is 1. The fraction of sp³-hybridized carbons (Fsp3) is 0.538. The van der Waals surface area contributed by atoms with Gasteiger partial charge in [-0.2, -0.15) is 0 Å². The highest BCUT2D eigenvalue weighted by Gasteiger charge is 2.39. The van der Waals surface area contributed by atoms with E-state index in [1.54, 1.807) is 22.9 Å². The molecule has 2 N–H and O–H groups in total. The van der Waals surface area contributed by atoms with E-state index in [4.69, 9.17) is 5.11 Å². The summed E-state index contributed by atoms with van der Waals surface area (Å²) in [6.45, 7) is 3.97. The molecule has 1 aromatic rings. The lowest BCUT2D eigenvalue weighted by atomic mass is 10.2. The molecule has 0 aromatic carbocycles. The van der Waals surface area contributed by atoms with Crippen LogP contribution < -0.4 is 0 Å². The molecule has 0 spiro atoms. The zero-order valence-corrected chi connectivity index (χ0v) is 11.0. The van der Waals surface area contributed by atoms with Crippen LogP contribution in [0.3, 0.4) is 0 Å². The molecule has 1 fully saturated rings. The van der Waals surface area contributed by atoms with E-state index in [1.807, 2.05) is 13.8 Å². The van der Waals surface area contributed by atoms with Crippen LogP contribution in [0, 0.1) is 0 Å². The van der Waals surface area contributed by atoms with Crippen molar-refractivity contribution in [3.8, 4) is 0 Å². The second kappa shape index (κ2) is 5.05. The molecule has 2 heterocycles. The maximum absolute atomic E-state index is 12.4. The van der Waals surface area contributed by atoms with E-state index < -0.39 is 18.1 Å². The zero-order chi connectivity index (χ0) is 14.2. The van der Waals surface area contributed by atoms with E-state index in [-0.39, 0.29) is 24.9 Å². The quantitative estimate of drug-likeness (QED) is 0.845. The minimum absolute atomic E-state index is 0.0685. The molecule has 6 heteroatoms. The molecule has 19 heavy (non-hydrogen) atoms. The van der Waals surface area contributed by atoms with Gasteiger partial charge in [-0.1, -0.05) is 0 Å². The second-order valence-electron chi connectivity index (χ2n) is 5.10. The number of aliphatic carboxylic acids is 1. The number of likely N-dealkylation sites (tertiary alicyclic amines) is 1. The van der Waals surface area contributed by atoms with E-state index in [0.717, 1.165) is 0 Å². The van der Waals surface area contributed by atoms with Crippen molar-refractivity contribution in [2.24, 2.45) is 0 Å². The number of carboxylic acid groups (broad SMARTS) is 1. The van der Waals surface area contributed by atoms with Gasteiger partial charge < -0.3 is 19.7 Å². The average molecular weight is 266 g/mol. The Bertz CT molecular complexity index is 495. The monoisotopic (exact) mass is 266 g/mol. The first-order valence-electron chi connectivity index (χ1n) is 6.30. The van der Waals surface area contributed by atoms with Gasteiger partial charge in [0, 0.05) is 25.2 Å². The molecular weight excluding hydrogens is 248 g/mol. The molecule has 1 aromatic heterocycles. The molecule has 1 amide bonds. The van der Waals surface area contributed by atoms with Gasteiger partial charge in [0.2, 0.25) is 0 Å². The first-order valence-corrected chi connectivity index (χ1v) is 6.30. The predicted molar refractivity (Wildman–Crippen MR) is 67.9 cm³/mol. The number of hydrogen-bond donors (Lipinski definition) is 2. The summed E-state index contributed by atoms with van der Waals surface area (Å²) in [6.07, 6.45) is 1.11. The first-order chi connectivity index (χ1) is 8.91. The van der Waals surface area contributed by atoms with Crippen molar-refractivity contribution in [1.82, 2.24) is 9.47 Å². The van der Waals surface area contributed by atoms with Crippen LogP contribution in [0.1, 0.15) is 36.8 Å². The number of aliphatic hydroxyl groups excluding tert-OH is 1. The Hall–Kier alpha value is -1.82. The van der Waals surface area contributed by atoms with Crippen molar-refractivity contribution >= 4 is 11.9 Å². The van der Waals surface area contributed by atoms with Crippen molar-refractivity contribution in [3.63, 3.8) is 0 Å². The summed E-state index contributed by atoms with van der Waals surface area (Å²) in [5.74, 6) is -1.42. The summed E-state index contributed by atoms with van der Waals surface area (Å²) in [6, 6.07) is 2.60. The van der Waals surface area contributed by atoms with Gasteiger partial charge in [-0.3, -0.25) is 4.79 Å².